The van der Waals surface area contributed by atoms with Gasteiger partial charge in [-0.25, -0.2) is 8.42 Å². The first-order chi connectivity index (χ1) is 7.12. The maximum atomic E-state index is 11.5. The fourth-order valence-electron chi connectivity index (χ4n) is 1.96. The first kappa shape index (κ1) is 10.5. The molecule has 0 spiro atoms. The molecule has 0 heterocycles. The second kappa shape index (κ2) is 3.85. The third-order valence-corrected chi connectivity index (χ3v) is 4.08. The molecular formula is C11H15NO2S. The molecule has 15 heavy (non-hydrogen) atoms. The van der Waals surface area contributed by atoms with Crippen LogP contribution in [0.5, 0.6) is 0 Å². The van der Waals surface area contributed by atoms with Crippen LogP contribution in [0.25, 0.3) is 0 Å². The molecule has 2 rings (SSSR count). The number of aryl methyl sites for hydroxylation is 1. The Morgan fingerprint density at radius 2 is 2.13 bits per heavy atom. The molecule has 1 aliphatic carbocycles. The van der Waals surface area contributed by atoms with Gasteiger partial charge in [0.25, 0.3) is 0 Å². The summed E-state index contributed by atoms with van der Waals surface area (Å²) in [5, 5.41) is 0. The molecule has 82 valence electrons. The molecule has 0 bridgehead atoms. The Hall–Kier alpha value is -1.03. The number of hydrogen-bond acceptors (Lipinski definition) is 2. The highest BCUT2D eigenvalue weighted by Crippen LogP contribution is 2.29. The minimum atomic E-state index is -3.14. The molecule has 0 radical (unpaired) electrons. The zero-order chi connectivity index (χ0) is 10.9. The van der Waals surface area contributed by atoms with Gasteiger partial charge in [-0.2, -0.15) is 0 Å². The van der Waals surface area contributed by atoms with Crippen molar-refractivity contribution in [2.75, 3.05) is 10.5 Å². The summed E-state index contributed by atoms with van der Waals surface area (Å²) in [5.41, 5.74) is 3.23. The lowest BCUT2D eigenvalue weighted by atomic mass is 10.1. The van der Waals surface area contributed by atoms with Gasteiger partial charge in [0.1, 0.15) is 0 Å². The van der Waals surface area contributed by atoms with E-state index < -0.39 is 10.0 Å². The zero-order valence-corrected chi connectivity index (χ0v) is 9.60. The van der Waals surface area contributed by atoms with E-state index in [4.69, 9.17) is 0 Å². The number of fused-ring (bicyclic) bond motifs is 1. The van der Waals surface area contributed by atoms with E-state index in [-0.39, 0.29) is 5.75 Å². The predicted octanol–water partition coefficient (Wildman–Crippen LogP) is 1.94. The fraction of sp³-hybridized carbons (Fsp3) is 0.455. The Morgan fingerprint density at radius 1 is 1.33 bits per heavy atom. The van der Waals surface area contributed by atoms with Gasteiger partial charge in [-0.05, 0) is 43.4 Å². The Labute approximate surface area is 90.6 Å². The van der Waals surface area contributed by atoms with E-state index in [0.717, 1.165) is 24.9 Å². The fourth-order valence-corrected chi connectivity index (χ4v) is 2.63. The average Bonchev–Trinajstić information content (AvgIpc) is 2.66. The molecule has 1 aliphatic rings. The molecule has 3 nitrogen and oxygen atoms in total. The quantitative estimate of drug-likeness (QED) is 0.854. The van der Waals surface area contributed by atoms with Crippen molar-refractivity contribution >= 4 is 15.7 Å². The van der Waals surface area contributed by atoms with Crippen LogP contribution in [-0.2, 0) is 22.9 Å². The summed E-state index contributed by atoms with van der Waals surface area (Å²) in [6.07, 6.45) is 3.18. The second-order valence-corrected chi connectivity index (χ2v) is 5.81. The molecule has 0 aliphatic heterocycles. The Kier molecular flexibility index (Phi) is 2.69. The Morgan fingerprint density at radius 3 is 2.87 bits per heavy atom. The van der Waals surface area contributed by atoms with Crippen LogP contribution in [0, 0.1) is 0 Å². The number of rotatable bonds is 3. The molecule has 0 atom stereocenters. The van der Waals surface area contributed by atoms with Crippen LogP contribution in [0.3, 0.4) is 0 Å². The molecule has 0 aromatic heterocycles. The van der Waals surface area contributed by atoms with Crippen LogP contribution >= 0.6 is 0 Å². The third-order valence-electron chi connectivity index (χ3n) is 2.79. The van der Waals surface area contributed by atoms with Gasteiger partial charge in [0.2, 0.25) is 10.0 Å². The third kappa shape index (κ3) is 2.15. The topological polar surface area (TPSA) is 46.2 Å². The van der Waals surface area contributed by atoms with Crippen molar-refractivity contribution < 1.29 is 8.42 Å². The van der Waals surface area contributed by atoms with Gasteiger partial charge in [-0.1, -0.05) is 12.1 Å². The first-order valence-electron chi connectivity index (χ1n) is 5.23. The van der Waals surface area contributed by atoms with Crippen molar-refractivity contribution in [1.82, 2.24) is 0 Å². The molecule has 1 N–H and O–H groups in total. The summed E-state index contributed by atoms with van der Waals surface area (Å²) < 4.78 is 25.6. The number of anilines is 1. The van der Waals surface area contributed by atoms with E-state index in [2.05, 4.69) is 10.8 Å². The van der Waals surface area contributed by atoms with E-state index in [9.17, 15) is 8.42 Å². The SMILES string of the molecule is CCS(=O)(=O)Nc1cccc2c1CCC2. The van der Waals surface area contributed by atoms with Crippen molar-refractivity contribution in [2.45, 2.75) is 26.2 Å². The minimum Gasteiger partial charge on any atom is -0.283 e. The summed E-state index contributed by atoms with van der Waals surface area (Å²) in [6, 6.07) is 5.83. The molecule has 0 saturated heterocycles. The van der Waals surface area contributed by atoms with E-state index in [1.165, 1.54) is 11.1 Å². The molecule has 1 aromatic carbocycles. The smallest absolute Gasteiger partial charge is 0.232 e. The van der Waals surface area contributed by atoms with E-state index in [0.29, 0.717) is 0 Å². The number of hydrogen-bond donors (Lipinski definition) is 1. The highest BCUT2D eigenvalue weighted by molar-refractivity contribution is 7.92. The standard InChI is InChI=1S/C11H15NO2S/c1-2-15(13,14)12-11-8-4-6-9-5-3-7-10(9)11/h4,6,8,12H,2-3,5,7H2,1H3. The largest absolute Gasteiger partial charge is 0.283 e. The average molecular weight is 225 g/mol. The van der Waals surface area contributed by atoms with Gasteiger partial charge in [0.15, 0.2) is 0 Å². The summed E-state index contributed by atoms with van der Waals surface area (Å²) in [7, 11) is -3.14. The van der Waals surface area contributed by atoms with Gasteiger partial charge in [0.05, 0.1) is 11.4 Å². The van der Waals surface area contributed by atoms with Gasteiger partial charge < -0.3 is 0 Å². The Bertz CT molecular complexity index is 465. The van der Waals surface area contributed by atoms with E-state index in [1.807, 2.05) is 12.1 Å². The maximum Gasteiger partial charge on any atom is 0.232 e. The van der Waals surface area contributed by atoms with Gasteiger partial charge in [0, 0.05) is 0 Å². The highest BCUT2D eigenvalue weighted by atomic mass is 32.2. The van der Waals surface area contributed by atoms with Crippen LogP contribution in [0.15, 0.2) is 18.2 Å². The van der Waals surface area contributed by atoms with Crippen molar-refractivity contribution in [1.29, 1.82) is 0 Å². The van der Waals surface area contributed by atoms with Crippen molar-refractivity contribution in [2.24, 2.45) is 0 Å². The predicted molar refractivity (Wildman–Crippen MR) is 61.6 cm³/mol. The molecule has 1 aromatic rings. The summed E-state index contributed by atoms with van der Waals surface area (Å²) in [4.78, 5) is 0. The summed E-state index contributed by atoms with van der Waals surface area (Å²) in [6.45, 7) is 1.64. The lowest BCUT2D eigenvalue weighted by Crippen LogP contribution is -2.15. The highest BCUT2D eigenvalue weighted by Gasteiger charge is 2.16. The zero-order valence-electron chi connectivity index (χ0n) is 8.79. The van der Waals surface area contributed by atoms with Crippen molar-refractivity contribution in [3.05, 3.63) is 29.3 Å². The van der Waals surface area contributed by atoms with Crippen LogP contribution < -0.4 is 4.72 Å². The van der Waals surface area contributed by atoms with Crippen LogP contribution in [0.2, 0.25) is 0 Å². The minimum absolute atomic E-state index is 0.122. The van der Waals surface area contributed by atoms with Crippen molar-refractivity contribution in [3.63, 3.8) is 0 Å². The first-order valence-corrected chi connectivity index (χ1v) is 6.89. The molecule has 0 unspecified atom stereocenters. The molecular weight excluding hydrogens is 210 g/mol. The monoisotopic (exact) mass is 225 g/mol. The van der Waals surface area contributed by atoms with Crippen LogP contribution in [0.4, 0.5) is 5.69 Å². The second-order valence-electron chi connectivity index (χ2n) is 3.80. The summed E-state index contributed by atoms with van der Waals surface area (Å²) >= 11 is 0. The molecule has 0 saturated carbocycles. The lowest BCUT2D eigenvalue weighted by Gasteiger charge is -2.10. The van der Waals surface area contributed by atoms with Gasteiger partial charge >= 0.3 is 0 Å². The van der Waals surface area contributed by atoms with Gasteiger partial charge in [-0.15, -0.1) is 0 Å². The summed E-state index contributed by atoms with van der Waals surface area (Å²) in [5.74, 6) is 0.122. The number of sulfonamides is 1. The molecule has 4 heteroatoms. The molecule has 0 amide bonds. The van der Waals surface area contributed by atoms with Crippen LogP contribution in [-0.4, -0.2) is 14.2 Å². The maximum absolute atomic E-state index is 11.5. The van der Waals surface area contributed by atoms with Gasteiger partial charge in [-0.3, -0.25) is 4.72 Å². The van der Waals surface area contributed by atoms with Crippen LogP contribution in [0.1, 0.15) is 24.5 Å². The van der Waals surface area contributed by atoms with E-state index >= 15 is 0 Å². The number of nitrogens with one attached hydrogen (secondary N) is 1. The molecule has 0 fully saturated rings. The van der Waals surface area contributed by atoms with Crippen molar-refractivity contribution in [3.8, 4) is 0 Å². The Balaban J connectivity index is 2.34. The lowest BCUT2D eigenvalue weighted by molar-refractivity contribution is 0.602. The van der Waals surface area contributed by atoms with E-state index in [1.54, 1.807) is 6.92 Å². The normalized spacial score (nSPS) is 15.0. The number of benzene rings is 1.